The van der Waals surface area contributed by atoms with Crippen molar-refractivity contribution in [1.29, 1.82) is 0 Å². The number of rotatable bonds is 14. The smallest absolute Gasteiger partial charge is 0.237 e. The lowest BCUT2D eigenvalue weighted by atomic mass is 9.70. The van der Waals surface area contributed by atoms with Crippen molar-refractivity contribution in [2.45, 2.75) is 104 Å². The second-order valence-corrected chi connectivity index (χ2v) is 17.5. The lowest BCUT2D eigenvalue weighted by Crippen LogP contribution is -2.46. The van der Waals surface area contributed by atoms with Gasteiger partial charge in [-0.25, -0.2) is 18.7 Å². The van der Waals surface area contributed by atoms with E-state index in [2.05, 4.69) is 29.7 Å². The van der Waals surface area contributed by atoms with Gasteiger partial charge in [-0.2, -0.15) is 0 Å². The van der Waals surface area contributed by atoms with Crippen molar-refractivity contribution >= 4 is 5.78 Å². The molecule has 11 heteroatoms. The lowest BCUT2D eigenvalue weighted by Gasteiger charge is -2.41. The minimum atomic E-state index is -0.471. The standard InChI is InChI=1S/C45H58F2N6O3/c1-44(2,3)55-42-39(48-19-21-50-42)29-52-23-11-15-33(27-52)35(25-31-13-7-9-17-37(31)46)41(54)36(26-32-14-8-10-18-38(32)47)34-16-12-24-53(28-34)30-40-43(51-22-20-49-40)56-45(4,5)6/h7-10,13-14,17-22,33-36H,11-12,15-16,23-30H2,1-6H3. The first-order chi connectivity index (χ1) is 26.7. The molecule has 0 radical (unpaired) electrons. The van der Waals surface area contributed by atoms with Gasteiger partial charge in [0.1, 0.15) is 40.0 Å². The van der Waals surface area contributed by atoms with Crippen LogP contribution in [0.2, 0.25) is 0 Å². The molecule has 9 nitrogen and oxygen atoms in total. The van der Waals surface area contributed by atoms with Crippen LogP contribution in [0.1, 0.15) is 89.7 Å². The molecule has 0 bridgehead atoms. The number of nitrogens with zero attached hydrogens (tertiary/aromatic N) is 6. The Labute approximate surface area is 331 Å². The molecular weight excluding hydrogens is 711 g/mol. The monoisotopic (exact) mass is 768 g/mol. The molecule has 2 aliphatic heterocycles. The van der Waals surface area contributed by atoms with Gasteiger partial charge in [0.15, 0.2) is 0 Å². The first kappa shape index (κ1) is 41.3. The number of benzene rings is 2. The number of ketones is 1. The summed E-state index contributed by atoms with van der Waals surface area (Å²) in [5.41, 5.74) is 1.68. The third kappa shape index (κ3) is 11.4. The van der Waals surface area contributed by atoms with E-state index in [1.165, 1.54) is 12.1 Å². The summed E-state index contributed by atoms with van der Waals surface area (Å²) >= 11 is 0. The molecule has 2 saturated heterocycles. The van der Waals surface area contributed by atoms with Crippen molar-refractivity contribution in [3.8, 4) is 11.8 Å². The average Bonchev–Trinajstić information content (AvgIpc) is 3.15. The van der Waals surface area contributed by atoms with Crippen LogP contribution < -0.4 is 9.47 Å². The van der Waals surface area contributed by atoms with Crippen LogP contribution in [0.3, 0.4) is 0 Å². The number of carbonyl (C=O) groups is 1. The van der Waals surface area contributed by atoms with E-state index in [0.717, 1.165) is 50.2 Å². The van der Waals surface area contributed by atoms with Crippen molar-refractivity contribution in [2.24, 2.45) is 23.7 Å². The Kier molecular flexibility index (Phi) is 13.5. The van der Waals surface area contributed by atoms with Crippen LogP contribution in [0.25, 0.3) is 0 Å². The van der Waals surface area contributed by atoms with Gasteiger partial charge in [0.2, 0.25) is 11.8 Å². The summed E-state index contributed by atoms with van der Waals surface area (Å²) in [6, 6.07) is 13.5. The number of piperidine rings is 2. The van der Waals surface area contributed by atoms with E-state index < -0.39 is 23.0 Å². The molecule has 2 aromatic heterocycles. The molecule has 300 valence electrons. The summed E-state index contributed by atoms with van der Waals surface area (Å²) in [6.07, 6.45) is 10.6. The Morgan fingerprint density at radius 3 is 1.45 bits per heavy atom. The average molecular weight is 769 g/mol. The highest BCUT2D eigenvalue weighted by atomic mass is 19.1. The molecule has 6 rings (SSSR count). The largest absolute Gasteiger partial charge is 0.471 e. The Hall–Kier alpha value is -4.35. The summed E-state index contributed by atoms with van der Waals surface area (Å²) in [5, 5.41) is 0. The molecule has 56 heavy (non-hydrogen) atoms. The highest BCUT2D eigenvalue weighted by Gasteiger charge is 2.41. The fraction of sp³-hybridized carbons (Fsp3) is 0.533. The van der Waals surface area contributed by atoms with Crippen LogP contribution in [0.4, 0.5) is 8.78 Å². The van der Waals surface area contributed by atoms with E-state index in [1.807, 2.05) is 53.7 Å². The Morgan fingerprint density at radius 2 is 1.05 bits per heavy atom. The second kappa shape index (κ2) is 18.3. The van der Waals surface area contributed by atoms with Crippen LogP contribution in [-0.2, 0) is 30.7 Å². The zero-order chi connectivity index (χ0) is 39.9. The number of ether oxygens (including phenoxy) is 2. The van der Waals surface area contributed by atoms with Crippen molar-refractivity contribution in [2.75, 3.05) is 26.2 Å². The van der Waals surface area contributed by atoms with Crippen LogP contribution >= 0.6 is 0 Å². The number of Topliss-reactive ketones (excluding diaryl/α,β-unsaturated/α-hetero) is 1. The quantitative estimate of drug-likeness (QED) is 0.126. The van der Waals surface area contributed by atoms with Crippen molar-refractivity contribution in [1.82, 2.24) is 29.7 Å². The van der Waals surface area contributed by atoms with E-state index in [0.29, 0.717) is 49.1 Å². The summed E-state index contributed by atoms with van der Waals surface area (Å²) in [5.74, 6) is -0.554. The third-order valence-electron chi connectivity index (χ3n) is 10.8. The normalized spacial score (nSPS) is 19.6. The number of likely N-dealkylation sites (tertiary alicyclic amines) is 2. The zero-order valence-electron chi connectivity index (χ0n) is 33.9. The number of carbonyl (C=O) groups excluding carboxylic acids is 1. The minimum Gasteiger partial charge on any atom is -0.471 e. The van der Waals surface area contributed by atoms with Gasteiger partial charge in [0.25, 0.3) is 0 Å². The molecular formula is C45H58F2N6O3. The maximum Gasteiger partial charge on any atom is 0.237 e. The summed E-state index contributed by atoms with van der Waals surface area (Å²) in [6.45, 7) is 15.9. The lowest BCUT2D eigenvalue weighted by molar-refractivity contribution is -0.132. The summed E-state index contributed by atoms with van der Waals surface area (Å²) in [4.78, 5) is 38.4. The molecule has 0 spiro atoms. The van der Waals surface area contributed by atoms with Gasteiger partial charge in [-0.05, 0) is 128 Å². The molecule has 0 amide bonds. The van der Waals surface area contributed by atoms with Gasteiger partial charge >= 0.3 is 0 Å². The Morgan fingerprint density at radius 1 is 0.661 bits per heavy atom. The van der Waals surface area contributed by atoms with Gasteiger partial charge in [-0.15, -0.1) is 0 Å². The fourth-order valence-corrected chi connectivity index (χ4v) is 8.30. The van der Waals surface area contributed by atoms with Crippen LogP contribution in [0, 0.1) is 35.3 Å². The third-order valence-corrected chi connectivity index (χ3v) is 10.8. The first-order valence-electron chi connectivity index (χ1n) is 20.2. The minimum absolute atomic E-state index is 0.0426. The van der Waals surface area contributed by atoms with Gasteiger partial charge in [-0.1, -0.05) is 36.4 Å². The molecule has 4 aromatic rings. The van der Waals surface area contributed by atoms with Gasteiger partial charge in [0, 0.05) is 62.8 Å². The van der Waals surface area contributed by atoms with Crippen molar-refractivity contribution < 1.29 is 23.0 Å². The van der Waals surface area contributed by atoms with Crippen LogP contribution in [0.15, 0.2) is 73.3 Å². The number of aromatic nitrogens is 4. The predicted molar refractivity (Wildman–Crippen MR) is 213 cm³/mol. The fourth-order valence-electron chi connectivity index (χ4n) is 8.30. The van der Waals surface area contributed by atoms with Crippen molar-refractivity contribution in [3.05, 3.63) is 107 Å². The molecule has 2 aliphatic rings. The number of hydrogen-bond donors (Lipinski definition) is 0. The first-order valence-corrected chi connectivity index (χ1v) is 20.2. The molecule has 2 aromatic carbocycles. The zero-order valence-corrected chi connectivity index (χ0v) is 33.9. The van der Waals surface area contributed by atoms with E-state index in [9.17, 15) is 0 Å². The van der Waals surface area contributed by atoms with E-state index in [-0.39, 0.29) is 42.1 Å². The summed E-state index contributed by atoms with van der Waals surface area (Å²) in [7, 11) is 0. The van der Waals surface area contributed by atoms with E-state index in [4.69, 9.17) is 9.47 Å². The maximum absolute atomic E-state index is 15.5. The predicted octanol–water partition coefficient (Wildman–Crippen LogP) is 8.31. The second-order valence-electron chi connectivity index (χ2n) is 17.5. The SMILES string of the molecule is CC(C)(C)Oc1nccnc1CN1CCCC(C(Cc2ccccc2F)C(=O)C(Cc2ccccc2F)C2CCCN(Cc3nccnc3OC(C)(C)C)C2)C1. The van der Waals surface area contributed by atoms with Crippen molar-refractivity contribution in [3.63, 3.8) is 0 Å². The molecule has 4 heterocycles. The molecule has 4 unspecified atom stereocenters. The Balaban J connectivity index is 1.30. The number of halogens is 2. The molecule has 0 N–H and O–H groups in total. The number of hydrogen-bond acceptors (Lipinski definition) is 9. The molecule has 0 saturated carbocycles. The molecule has 2 fully saturated rings. The van der Waals surface area contributed by atoms with Gasteiger partial charge in [-0.3, -0.25) is 24.6 Å². The van der Waals surface area contributed by atoms with Gasteiger partial charge in [0.05, 0.1) is 0 Å². The highest BCUT2D eigenvalue weighted by molar-refractivity contribution is 5.84. The maximum atomic E-state index is 15.5. The van der Waals surface area contributed by atoms with E-state index in [1.54, 1.807) is 49.1 Å². The van der Waals surface area contributed by atoms with Gasteiger partial charge < -0.3 is 9.47 Å². The van der Waals surface area contributed by atoms with Crippen LogP contribution in [0.5, 0.6) is 11.8 Å². The Bertz CT molecular complexity index is 1780. The molecule has 4 atom stereocenters. The molecule has 0 aliphatic carbocycles. The van der Waals surface area contributed by atoms with Crippen LogP contribution in [-0.4, -0.2) is 72.9 Å². The van der Waals surface area contributed by atoms with E-state index >= 15 is 13.6 Å². The topological polar surface area (TPSA) is 93.6 Å². The summed E-state index contributed by atoms with van der Waals surface area (Å²) < 4.78 is 43.2. The highest BCUT2D eigenvalue weighted by Crippen LogP contribution is 2.37.